The van der Waals surface area contributed by atoms with Crippen molar-refractivity contribution in [1.29, 1.82) is 0 Å². The highest BCUT2D eigenvalue weighted by Gasteiger charge is 2.44. The maximum Gasteiger partial charge on any atom is 0.330 e. The molecule has 0 saturated carbocycles. The molecule has 0 spiro atoms. The number of carbonyl (C=O) groups is 4. The van der Waals surface area contributed by atoms with Crippen LogP contribution in [0.1, 0.15) is 40.1 Å². The normalized spacial score (nSPS) is 14.0. The minimum atomic E-state index is -1.11. The van der Waals surface area contributed by atoms with Crippen LogP contribution in [0.4, 0.5) is 0 Å². The molecule has 0 fully saturated rings. The topological polar surface area (TPSA) is 92.8 Å². The fraction of sp³-hybridized carbons (Fsp3) is 0.273. The third-order valence-electron chi connectivity index (χ3n) is 4.65. The molecule has 3 rings (SSSR count). The predicted molar refractivity (Wildman–Crippen MR) is 105 cm³/mol. The molecule has 3 amide bonds. The third kappa shape index (κ3) is 4.34. The lowest BCUT2D eigenvalue weighted by Crippen LogP contribution is -2.49. The molecule has 1 N–H and O–H groups in total. The molecule has 0 saturated heterocycles. The Labute approximate surface area is 168 Å². The van der Waals surface area contributed by atoms with Gasteiger partial charge >= 0.3 is 5.97 Å². The second-order valence-electron chi connectivity index (χ2n) is 7.08. The van der Waals surface area contributed by atoms with Gasteiger partial charge < -0.3 is 10.1 Å². The van der Waals surface area contributed by atoms with Crippen LogP contribution in [0, 0.1) is 5.92 Å². The van der Waals surface area contributed by atoms with Gasteiger partial charge in [-0.05, 0) is 23.6 Å². The maximum absolute atomic E-state index is 12.7. The molecule has 7 heteroatoms. The number of ether oxygens (including phenoxy) is 1. The Morgan fingerprint density at radius 2 is 1.48 bits per heavy atom. The van der Waals surface area contributed by atoms with Crippen molar-refractivity contribution in [3.63, 3.8) is 0 Å². The molecule has 0 aliphatic carbocycles. The average Bonchev–Trinajstić information content (AvgIpc) is 2.97. The Hall–Kier alpha value is -3.48. The summed E-state index contributed by atoms with van der Waals surface area (Å²) in [5, 5.41) is 2.66. The Morgan fingerprint density at radius 1 is 0.931 bits per heavy atom. The summed E-state index contributed by atoms with van der Waals surface area (Å²) in [6.07, 6.45) is 0. The minimum Gasteiger partial charge on any atom is -0.454 e. The SMILES string of the molecule is CC(C)[C@@H](C(=O)OCC(=O)NCc1ccccc1)N1C(=O)c2ccccc2C1=O. The first-order valence-electron chi connectivity index (χ1n) is 9.34. The summed E-state index contributed by atoms with van der Waals surface area (Å²) in [6.45, 7) is 3.25. The quantitative estimate of drug-likeness (QED) is 0.574. The summed E-state index contributed by atoms with van der Waals surface area (Å²) in [4.78, 5) is 50.9. The van der Waals surface area contributed by atoms with Gasteiger partial charge in [0, 0.05) is 6.54 Å². The number of fused-ring (bicyclic) bond motifs is 1. The Bertz CT molecular complexity index is 904. The van der Waals surface area contributed by atoms with E-state index in [0.29, 0.717) is 6.54 Å². The van der Waals surface area contributed by atoms with Crippen molar-refractivity contribution in [1.82, 2.24) is 10.2 Å². The van der Waals surface area contributed by atoms with Crippen molar-refractivity contribution in [3.8, 4) is 0 Å². The highest BCUT2D eigenvalue weighted by atomic mass is 16.5. The van der Waals surface area contributed by atoms with Crippen molar-refractivity contribution < 1.29 is 23.9 Å². The van der Waals surface area contributed by atoms with Crippen molar-refractivity contribution in [3.05, 3.63) is 71.3 Å². The van der Waals surface area contributed by atoms with Gasteiger partial charge in [0.15, 0.2) is 6.61 Å². The van der Waals surface area contributed by atoms with Crippen molar-refractivity contribution in [2.24, 2.45) is 5.92 Å². The van der Waals surface area contributed by atoms with Gasteiger partial charge in [0.1, 0.15) is 6.04 Å². The number of hydrogen-bond acceptors (Lipinski definition) is 5. The zero-order chi connectivity index (χ0) is 21.0. The number of carbonyl (C=O) groups excluding carboxylic acids is 4. The van der Waals surface area contributed by atoms with Crippen LogP contribution >= 0.6 is 0 Å². The van der Waals surface area contributed by atoms with Gasteiger partial charge in [-0.25, -0.2) is 4.79 Å². The van der Waals surface area contributed by atoms with Crippen molar-refractivity contribution >= 4 is 23.7 Å². The van der Waals surface area contributed by atoms with E-state index in [9.17, 15) is 19.2 Å². The lowest BCUT2D eigenvalue weighted by molar-refractivity contribution is -0.153. The number of esters is 1. The zero-order valence-corrected chi connectivity index (χ0v) is 16.3. The van der Waals surface area contributed by atoms with E-state index in [4.69, 9.17) is 4.74 Å². The van der Waals surface area contributed by atoms with Gasteiger partial charge in [0.25, 0.3) is 17.7 Å². The summed E-state index contributed by atoms with van der Waals surface area (Å²) < 4.78 is 5.13. The van der Waals surface area contributed by atoms with Crippen LogP contribution in [0.25, 0.3) is 0 Å². The van der Waals surface area contributed by atoms with Crippen LogP contribution in [0.15, 0.2) is 54.6 Å². The van der Waals surface area contributed by atoms with Crippen LogP contribution in [0.5, 0.6) is 0 Å². The van der Waals surface area contributed by atoms with E-state index in [-0.39, 0.29) is 17.0 Å². The maximum atomic E-state index is 12.7. The fourth-order valence-electron chi connectivity index (χ4n) is 3.21. The molecule has 0 bridgehead atoms. The number of rotatable bonds is 7. The molecule has 2 aromatic carbocycles. The lowest BCUT2D eigenvalue weighted by atomic mass is 10.0. The minimum absolute atomic E-state index is 0.261. The van der Waals surface area contributed by atoms with Crippen LogP contribution < -0.4 is 5.32 Å². The molecule has 1 atom stereocenters. The van der Waals surface area contributed by atoms with Crippen LogP contribution in [0.3, 0.4) is 0 Å². The molecule has 1 aliphatic heterocycles. The van der Waals surface area contributed by atoms with Gasteiger partial charge in [0.05, 0.1) is 11.1 Å². The first-order valence-corrected chi connectivity index (χ1v) is 9.34. The summed E-state index contributed by atoms with van der Waals surface area (Å²) in [6, 6.07) is 14.6. The molecule has 1 aliphatic rings. The molecular formula is C22H22N2O5. The number of imide groups is 1. The monoisotopic (exact) mass is 394 g/mol. The zero-order valence-electron chi connectivity index (χ0n) is 16.3. The standard InChI is InChI=1S/C22H22N2O5/c1-14(2)19(24-20(26)16-10-6-7-11-17(16)21(24)27)22(28)29-13-18(25)23-12-15-8-4-3-5-9-15/h3-11,14,19H,12-13H2,1-2H3,(H,23,25)/t19-/m0/s1. The van der Waals surface area contributed by atoms with Crippen LogP contribution in [0.2, 0.25) is 0 Å². The van der Waals surface area contributed by atoms with Gasteiger partial charge in [-0.3, -0.25) is 19.3 Å². The Kier molecular flexibility index (Phi) is 6.07. The first-order chi connectivity index (χ1) is 13.9. The second-order valence-corrected chi connectivity index (χ2v) is 7.08. The van der Waals surface area contributed by atoms with Gasteiger partial charge in [-0.2, -0.15) is 0 Å². The molecular weight excluding hydrogens is 372 g/mol. The summed E-state index contributed by atoms with van der Waals surface area (Å²) in [5.74, 6) is -2.70. The van der Waals surface area contributed by atoms with Gasteiger partial charge in [-0.1, -0.05) is 56.3 Å². The van der Waals surface area contributed by atoms with E-state index in [1.807, 2.05) is 30.3 Å². The highest BCUT2D eigenvalue weighted by molar-refractivity contribution is 6.22. The van der Waals surface area contributed by atoms with Crippen molar-refractivity contribution in [2.75, 3.05) is 6.61 Å². The molecule has 1 heterocycles. The Balaban J connectivity index is 1.63. The van der Waals surface area contributed by atoms with E-state index < -0.39 is 36.3 Å². The highest BCUT2D eigenvalue weighted by Crippen LogP contribution is 2.27. The smallest absolute Gasteiger partial charge is 0.330 e. The van der Waals surface area contributed by atoms with Gasteiger partial charge in [-0.15, -0.1) is 0 Å². The lowest BCUT2D eigenvalue weighted by Gasteiger charge is -2.27. The van der Waals surface area contributed by atoms with Crippen molar-refractivity contribution in [2.45, 2.75) is 26.4 Å². The molecule has 0 unspecified atom stereocenters. The average molecular weight is 394 g/mol. The number of hydrogen-bond donors (Lipinski definition) is 1. The fourth-order valence-corrected chi connectivity index (χ4v) is 3.21. The number of benzene rings is 2. The summed E-state index contributed by atoms with van der Waals surface area (Å²) in [5.41, 5.74) is 1.44. The summed E-state index contributed by atoms with van der Waals surface area (Å²) >= 11 is 0. The van der Waals surface area contributed by atoms with E-state index in [1.165, 1.54) is 0 Å². The second kappa shape index (κ2) is 8.68. The number of nitrogens with zero attached hydrogens (tertiary/aromatic N) is 1. The largest absolute Gasteiger partial charge is 0.454 e. The molecule has 29 heavy (non-hydrogen) atoms. The molecule has 7 nitrogen and oxygen atoms in total. The van der Waals surface area contributed by atoms with E-state index >= 15 is 0 Å². The van der Waals surface area contributed by atoms with E-state index in [2.05, 4.69) is 5.32 Å². The molecule has 0 radical (unpaired) electrons. The molecule has 0 aromatic heterocycles. The third-order valence-corrected chi connectivity index (χ3v) is 4.65. The van der Waals surface area contributed by atoms with Gasteiger partial charge in [0.2, 0.25) is 0 Å². The molecule has 150 valence electrons. The predicted octanol–water partition coefficient (Wildman–Crippen LogP) is 2.17. The van der Waals surface area contributed by atoms with E-state index in [0.717, 1.165) is 10.5 Å². The number of nitrogens with one attached hydrogen (secondary N) is 1. The van der Waals surface area contributed by atoms with Crippen LogP contribution in [-0.4, -0.2) is 41.2 Å². The first kappa shape index (κ1) is 20.3. The number of amides is 3. The Morgan fingerprint density at radius 3 is 2.03 bits per heavy atom. The molecule has 2 aromatic rings. The summed E-state index contributed by atoms with van der Waals surface area (Å²) in [7, 11) is 0. The van der Waals surface area contributed by atoms with Crippen LogP contribution in [-0.2, 0) is 20.9 Å². The van der Waals surface area contributed by atoms with E-state index in [1.54, 1.807) is 38.1 Å².